The monoisotopic (exact) mass is 314 g/mol. The highest BCUT2D eigenvalue weighted by Gasteiger charge is 2.26. The van der Waals surface area contributed by atoms with Gasteiger partial charge >= 0.3 is 6.09 Å². The summed E-state index contributed by atoms with van der Waals surface area (Å²) in [4.78, 5) is 26.9. The molecule has 1 heterocycles. The summed E-state index contributed by atoms with van der Waals surface area (Å²) < 4.78 is 18.0. The maximum absolute atomic E-state index is 13.4. The summed E-state index contributed by atoms with van der Waals surface area (Å²) in [5, 5.41) is 0.0958. The fourth-order valence-electron chi connectivity index (χ4n) is 2.21. The van der Waals surface area contributed by atoms with Gasteiger partial charge in [-0.2, -0.15) is 0 Å². The maximum Gasteiger partial charge on any atom is 0.409 e. The van der Waals surface area contributed by atoms with Crippen molar-refractivity contribution >= 4 is 23.6 Å². The zero-order chi connectivity index (χ0) is 15.6. The summed E-state index contributed by atoms with van der Waals surface area (Å²) in [5.41, 5.74) is 0.651. The number of hydrogen-bond donors (Lipinski definition) is 0. The molecule has 7 heteroatoms. The fourth-order valence-corrected chi connectivity index (χ4v) is 2.44. The lowest BCUT2D eigenvalue weighted by molar-refractivity contribution is 0.0599. The molecule has 0 unspecified atom stereocenters. The molecule has 21 heavy (non-hydrogen) atoms. The number of amides is 2. The largest absolute Gasteiger partial charge is 0.453 e. The van der Waals surface area contributed by atoms with Gasteiger partial charge in [0.25, 0.3) is 5.91 Å². The second kappa shape index (κ2) is 6.30. The first-order chi connectivity index (χ1) is 9.93. The smallest absolute Gasteiger partial charge is 0.409 e. The molecule has 1 aromatic carbocycles. The van der Waals surface area contributed by atoms with E-state index < -0.39 is 11.9 Å². The average Bonchev–Trinajstić information content (AvgIpc) is 2.49. The Morgan fingerprint density at radius 2 is 1.76 bits per heavy atom. The average molecular weight is 315 g/mol. The molecule has 0 aromatic heterocycles. The number of rotatable bonds is 1. The molecular weight excluding hydrogens is 299 g/mol. The van der Waals surface area contributed by atoms with Crippen molar-refractivity contribution < 1.29 is 18.7 Å². The van der Waals surface area contributed by atoms with Gasteiger partial charge < -0.3 is 14.5 Å². The van der Waals surface area contributed by atoms with E-state index in [2.05, 4.69) is 4.74 Å². The van der Waals surface area contributed by atoms with Crippen molar-refractivity contribution in [1.82, 2.24) is 9.80 Å². The molecule has 1 saturated heterocycles. The molecule has 2 amide bonds. The van der Waals surface area contributed by atoms with E-state index in [1.165, 1.54) is 18.1 Å². The van der Waals surface area contributed by atoms with E-state index in [0.717, 1.165) is 6.07 Å². The number of ether oxygens (including phenoxy) is 1. The minimum Gasteiger partial charge on any atom is -0.453 e. The highest BCUT2D eigenvalue weighted by Crippen LogP contribution is 2.22. The van der Waals surface area contributed by atoms with Gasteiger partial charge in [-0.05, 0) is 24.6 Å². The predicted molar refractivity (Wildman–Crippen MR) is 76.0 cm³/mol. The van der Waals surface area contributed by atoms with Crippen LogP contribution < -0.4 is 0 Å². The number of halogens is 2. The van der Waals surface area contributed by atoms with Crippen LogP contribution in [0, 0.1) is 12.7 Å². The molecule has 0 N–H and O–H groups in total. The van der Waals surface area contributed by atoms with Crippen LogP contribution >= 0.6 is 11.6 Å². The molecule has 0 aliphatic carbocycles. The molecule has 0 saturated carbocycles. The van der Waals surface area contributed by atoms with Crippen LogP contribution in [0.4, 0.5) is 9.18 Å². The Kier molecular flexibility index (Phi) is 4.67. The van der Waals surface area contributed by atoms with Gasteiger partial charge in [0, 0.05) is 26.2 Å². The second-order valence-electron chi connectivity index (χ2n) is 4.83. The first-order valence-corrected chi connectivity index (χ1v) is 6.89. The normalized spacial score (nSPS) is 15.0. The van der Waals surface area contributed by atoms with E-state index in [9.17, 15) is 14.0 Å². The highest BCUT2D eigenvalue weighted by molar-refractivity contribution is 6.33. The van der Waals surface area contributed by atoms with Gasteiger partial charge in [0.2, 0.25) is 0 Å². The van der Waals surface area contributed by atoms with Gasteiger partial charge in [-0.1, -0.05) is 11.6 Å². The molecule has 1 aromatic rings. The number of benzene rings is 1. The van der Waals surface area contributed by atoms with Crippen molar-refractivity contribution in [2.24, 2.45) is 0 Å². The Morgan fingerprint density at radius 1 is 1.19 bits per heavy atom. The van der Waals surface area contributed by atoms with Crippen LogP contribution in [0.5, 0.6) is 0 Å². The Morgan fingerprint density at radius 3 is 2.33 bits per heavy atom. The van der Waals surface area contributed by atoms with E-state index in [-0.39, 0.29) is 16.5 Å². The van der Waals surface area contributed by atoms with Gasteiger partial charge in [0.05, 0.1) is 17.7 Å². The van der Waals surface area contributed by atoms with E-state index in [1.54, 1.807) is 11.8 Å². The number of carbonyl (C=O) groups is 2. The standard InChI is InChI=1S/C14H16ClFN2O3/c1-9-7-10(11(15)8-12(9)16)13(19)17-3-5-18(6-4-17)14(20)21-2/h7-8H,3-6H2,1-2H3. The maximum atomic E-state index is 13.4. The third-order valence-electron chi connectivity index (χ3n) is 3.48. The third-order valence-corrected chi connectivity index (χ3v) is 3.79. The van der Waals surface area contributed by atoms with Crippen molar-refractivity contribution in [3.05, 3.63) is 34.1 Å². The van der Waals surface area contributed by atoms with Gasteiger partial charge in [0.1, 0.15) is 5.82 Å². The lowest BCUT2D eigenvalue weighted by Gasteiger charge is -2.34. The number of aryl methyl sites for hydroxylation is 1. The number of nitrogens with zero attached hydrogens (tertiary/aromatic N) is 2. The van der Waals surface area contributed by atoms with Gasteiger partial charge in [0.15, 0.2) is 0 Å². The minimum absolute atomic E-state index is 0.0958. The summed E-state index contributed by atoms with van der Waals surface area (Å²) in [6.45, 7) is 3.16. The molecule has 2 rings (SSSR count). The lowest BCUT2D eigenvalue weighted by Crippen LogP contribution is -2.50. The number of carbonyl (C=O) groups excluding carboxylic acids is 2. The van der Waals surface area contributed by atoms with E-state index >= 15 is 0 Å². The molecule has 0 atom stereocenters. The topological polar surface area (TPSA) is 49.9 Å². The van der Waals surface area contributed by atoms with Gasteiger partial charge in [-0.15, -0.1) is 0 Å². The van der Waals surface area contributed by atoms with Gasteiger partial charge in [-0.25, -0.2) is 9.18 Å². The first-order valence-electron chi connectivity index (χ1n) is 6.52. The van der Waals surface area contributed by atoms with Crippen molar-refractivity contribution in [3.8, 4) is 0 Å². The van der Waals surface area contributed by atoms with Crippen LogP contribution in [0.1, 0.15) is 15.9 Å². The second-order valence-corrected chi connectivity index (χ2v) is 5.24. The SMILES string of the molecule is COC(=O)N1CCN(C(=O)c2cc(C)c(F)cc2Cl)CC1. The fraction of sp³-hybridized carbons (Fsp3) is 0.429. The Balaban J connectivity index is 2.09. The van der Waals surface area contributed by atoms with E-state index in [4.69, 9.17) is 11.6 Å². The van der Waals surface area contributed by atoms with Gasteiger partial charge in [-0.3, -0.25) is 4.79 Å². The molecule has 1 fully saturated rings. The minimum atomic E-state index is -0.438. The molecule has 0 radical (unpaired) electrons. The Hall–Kier alpha value is -1.82. The van der Waals surface area contributed by atoms with Crippen LogP contribution in [0.3, 0.4) is 0 Å². The zero-order valence-electron chi connectivity index (χ0n) is 11.9. The van der Waals surface area contributed by atoms with Crippen molar-refractivity contribution in [2.75, 3.05) is 33.3 Å². The number of methoxy groups -OCH3 is 1. The summed E-state index contributed by atoms with van der Waals surface area (Å²) in [7, 11) is 1.32. The summed E-state index contributed by atoms with van der Waals surface area (Å²) in [6, 6.07) is 2.60. The van der Waals surface area contributed by atoms with Crippen molar-refractivity contribution in [1.29, 1.82) is 0 Å². The lowest BCUT2D eigenvalue weighted by atomic mass is 10.1. The third kappa shape index (κ3) is 3.26. The molecule has 114 valence electrons. The van der Waals surface area contributed by atoms with Crippen molar-refractivity contribution in [2.45, 2.75) is 6.92 Å². The number of piperazine rings is 1. The molecule has 5 nitrogen and oxygen atoms in total. The molecular formula is C14H16ClFN2O3. The van der Waals surface area contributed by atoms with E-state index in [1.807, 2.05) is 0 Å². The van der Waals surface area contributed by atoms with Crippen LogP contribution in [-0.2, 0) is 4.74 Å². The summed E-state index contributed by atoms with van der Waals surface area (Å²) >= 11 is 5.95. The number of hydrogen-bond acceptors (Lipinski definition) is 3. The Labute approximate surface area is 127 Å². The quantitative estimate of drug-likeness (QED) is 0.799. The summed E-state index contributed by atoms with van der Waals surface area (Å²) in [5.74, 6) is -0.695. The summed E-state index contributed by atoms with van der Waals surface area (Å²) in [6.07, 6.45) is -0.405. The Bertz CT molecular complexity index is 572. The highest BCUT2D eigenvalue weighted by atomic mass is 35.5. The predicted octanol–water partition coefficient (Wildman–Crippen LogP) is 2.31. The first kappa shape index (κ1) is 15.6. The van der Waals surface area contributed by atoms with E-state index in [0.29, 0.717) is 31.7 Å². The van der Waals surface area contributed by atoms with Crippen LogP contribution in [0.2, 0.25) is 5.02 Å². The molecule has 0 spiro atoms. The van der Waals surface area contributed by atoms with Crippen LogP contribution in [0.15, 0.2) is 12.1 Å². The van der Waals surface area contributed by atoms with Crippen molar-refractivity contribution in [3.63, 3.8) is 0 Å². The molecule has 0 bridgehead atoms. The van der Waals surface area contributed by atoms with Crippen LogP contribution in [-0.4, -0.2) is 55.1 Å². The molecule has 1 aliphatic rings. The van der Waals surface area contributed by atoms with Crippen LogP contribution in [0.25, 0.3) is 0 Å². The zero-order valence-corrected chi connectivity index (χ0v) is 12.6. The molecule has 1 aliphatic heterocycles.